The van der Waals surface area contributed by atoms with E-state index in [2.05, 4.69) is 29.8 Å². The number of amides is 1. The summed E-state index contributed by atoms with van der Waals surface area (Å²) in [6.07, 6.45) is 4.38. The lowest BCUT2D eigenvalue weighted by atomic mass is 9.98. The zero-order valence-electron chi connectivity index (χ0n) is 23.4. The summed E-state index contributed by atoms with van der Waals surface area (Å²) in [7, 11) is -3.43. The van der Waals surface area contributed by atoms with Gasteiger partial charge < -0.3 is 21.1 Å². The van der Waals surface area contributed by atoms with E-state index in [9.17, 15) is 18.3 Å². The minimum atomic E-state index is -3.43. The Morgan fingerprint density at radius 3 is 2.49 bits per heavy atom. The second kappa shape index (κ2) is 12.7. The summed E-state index contributed by atoms with van der Waals surface area (Å²) in [5, 5.41) is 21.2. The molecule has 0 radical (unpaired) electrons. The maximum absolute atomic E-state index is 13.6. The molecule has 1 amide bonds. The number of β-amino-alcohol motifs (C(OH)–C–C–N with tert-alkyl or cyclic N) is 1. The third-order valence-electron chi connectivity index (χ3n) is 7.62. The average molecular weight is 557 g/mol. The highest BCUT2D eigenvalue weighted by Crippen LogP contribution is 2.41. The lowest BCUT2D eigenvalue weighted by molar-refractivity contribution is 0.0820. The summed E-state index contributed by atoms with van der Waals surface area (Å²) in [4.78, 5) is 13.6. The first-order chi connectivity index (χ1) is 18.6. The van der Waals surface area contributed by atoms with Gasteiger partial charge in [-0.1, -0.05) is 44.2 Å². The lowest BCUT2D eigenvalue weighted by Gasteiger charge is -2.30. The van der Waals surface area contributed by atoms with Crippen molar-refractivity contribution in [1.29, 1.82) is 0 Å². The van der Waals surface area contributed by atoms with Gasteiger partial charge in [0.15, 0.2) is 0 Å². The molecule has 4 rings (SSSR count). The minimum Gasteiger partial charge on any atom is -0.390 e. The summed E-state index contributed by atoms with van der Waals surface area (Å²) in [6, 6.07) is 14.5. The van der Waals surface area contributed by atoms with E-state index in [0.717, 1.165) is 31.2 Å². The van der Waals surface area contributed by atoms with Crippen molar-refractivity contribution in [1.82, 2.24) is 10.6 Å². The van der Waals surface area contributed by atoms with Crippen molar-refractivity contribution < 1.29 is 18.3 Å². The molecule has 4 N–H and O–H groups in total. The SMILES string of the molecule is CCNc1cc(C(=O)N[C@@H](Cc2ccccc2)[C@H](O)CNC2(CC(C)C)CC2)cc(N2CCCCS2(=O)=O)c1. The predicted octanol–water partition coefficient (Wildman–Crippen LogP) is 3.92. The molecule has 1 aliphatic heterocycles. The minimum absolute atomic E-state index is 0.0887. The van der Waals surface area contributed by atoms with Gasteiger partial charge in [0.05, 0.1) is 23.6 Å². The fraction of sp³-hybridized carbons (Fsp3) is 0.567. The summed E-state index contributed by atoms with van der Waals surface area (Å²) in [6.45, 7) is 7.80. The Hall–Kier alpha value is -2.62. The summed E-state index contributed by atoms with van der Waals surface area (Å²) < 4.78 is 27.0. The van der Waals surface area contributed by atoms with Crippen molar-refractivity contribution in [2.24, 2.45) is 5.92 Å². The first kappa shape index (κ1) is 29.4. The number of nitrogens with one attached hydrogen (secondary N) is 3. The van der Waals surface area contributed by atoms with Crippen LogP contribution in [0.1, 0.15) is 68.8 Å². The topological polar surface area (TPSA) is 111 Å². The van der Waals surface area contributed by atoms with Gasteiger partial charge in [-0.2, -0.15) is 0 Å². The Balaban J connectivity index is 1.55. The van der Waals surface area contributed by atoms with E-state index in [0.29, 0.717) is 55.3 Å². The number of hydrogen-bond acceptors (Lipinski definition) is 6. The average Bonchev–Trinajstić information content (AvgIpc) is 3.66. The first-order valence-electron chi connectivity index (χ1n) is 14.3. The van der Waals surface area contributed by atoms with Crippen molar-refractivity contribution in [2.45, 2.75) is 77.0 Å². The van der Waals surface area contributed by atoms with Gasteiger partial charge in [0.2, 0.25) is 10.0 Å². The van der Waals surface area contributed by atoms with E-state index in [-0.39, 0.29) is 17.2 Å². The Labute approximate surface area is 233 Å². The number of aliphatic hydroxyl groups is 1. The zero-order chi connectivity index (χ0) is 28.0. The van der Waals surface area contributed by atoms with E-state index >= 15 is 0 Å². The molecular formula is C30H44N4O4S. The maximum atomic E-state index is 13.6. The van der Waals surface area contributed by atoms with Crippen LogP contribution in [0.3, 0.4) is 0 Å². The van der Waals surface area contributed by atoms with E-state index < -0.39 is 22.2 Å². The van der Waals surface area contributed by atoms with Gasteiger partial charge in [0, 0.05) is 36.4 Å². The van der Waals surface area contributed by atoms with Gasteiger partial charge in [-0.05, 0) is 75.1 Å². The summed E-state index contributed by atoms with van der Waals surface area (Å²) in [5.41, 5.74) is 2.65. The monoisotopic (exact) mass is 556 g/mol. The van der Waals surface area contributed by atoms with Crippen molar-refractivity contribution in [3.63, 3.8) is 0 Å². The second-order valence-electron chi connectivity index (χ2n) is 11.5. The number of hydrogen-bond donors (Lipinski definition) is 4. The molecule has 2 aromatic carbocycles. The highest BCUT2D eigenvalue weighted by molar-refractivity contribution is 7.92. The number of rotatable bonds is 13. The standard InChI is InChI=1S/C30H44N4O4S/c1-4-31-25-17-24(18-26(19-25)34-14-8-9-15-39(34,37)38)29(36)33-27(16-23-10-6-5-7-11-23)28(35)21-32-30(12-13-30)20-22(2)3/h5-7,10-11,17-19,22,27-28,31-32,35H,4,8-9,12-16,20-21H2,1-3H3,(H,33,36)/t27-,28+/m0/s1. The Kier molecular flexibility index (Phi) is 9.56. The van der Waals surface area contributed by atoms with Gasteiger partial charge in [-0.15, -0.1) is 0 Å². The van der Waals surface area contributed by atoms with Crippen LogP contribution in [0.25, 0.3) is 0 Å². The molecule has 0 bridgehead atoms. The van der Waals surface area contributed by atoms with E-state index in [4.69, 9.17) is 0 Å². The molecule has 39 heavy (non-hydrogen) atoms. The van der Waals surface area contributed by atoms with Crippen LogP contribution in [-0.4, -0.2) is 62.5 Å². The molecule has 1 aliphatic carbocycles. The van der Waals surface area contributed by atoms with Crippen LogP contribution in [0.4, 0.5) is 11.4 Å². The van der Waals surface area contributed by atoms with Gasteiger partial charge in [0.25, 0.3) is 5.91 Å². The number of sulfonamides is 1. The van der Waals surface area contributed by atoms with Crippen molar-refractivity contribution in [2.75, 3.05) is 35.0 Å². The van der Waals surface area contributed by atoms with Crippen LogP contribution < -0.4 is 20.3 Å². The van der Waals surface area contributed by atoms with Crippen LogP contribution >= 0.6 is 0 Å². The Morgan fingerprint density at radius 1 is 1.10 bits per heavy atom. The van der Waals surface area contributed by atoms with Gasteiger partial charge in [-0.25, -0.2) is 8.42 Å². The van der Waals surface area contributed by atoms with Crippen LogP contribution in [0.5, 0.6) is 0 Å². The predicted molar refractivity (Wildman–Crippen MR) is 158 cm³/mol. The maximum Gasteiger partial charge on any atom is 0.251 e. The van der Waals surface area contributed by atoms with E-state index in [1.165, 1.54) is 4.31 Å². The largest absolute Gasteiger partial charge is 0.390 e. The molecule has 2 fully saturated rings. The molecule has 1 heterocycles. The smallest absolute Gasteiger partial charge is 0.251 e. The number of benzene rings is 2. The quantitative estimate of drug-likeness (QED) is 0.298. The first-order valence-corrected chi connectivity index (χ1v) is 15.9. The molecule has 1 saturated carbocycles. The highest BCUT2D eigenvalue weighted by atomic mass is 32.2. The van der Waals surface area contributed by atoms with Gasteiger partial charge in [0.1, 0.15) is 0 Å². The van der Waals surface area contributed by atoms with Crippen molar-refractivity contribution >= 4 is 27.3 Å². The molecule has 0 aromatic heterocycles. The molecule has 2 aromatic rings. The molecule has 214 valence electrons. The fourth-order valence-corrected chi connectivity index (χ4v) is 7.15. The Bertz CT molecular complexity index is 1210. The number of anilines is 2. The normalized spacial score (nSPS) is 19.4. The third-order valence-corrected chi connectivity index (χ3v) is 9.49. The number of nitrogens with zero attached hydrogens (tertiary/aromatic N) is 1. The van der Waals surface area contributed by atoms with Crippen LogP contribution in [0.2, 0.25) is 0 Å². The van der Waals surface area contributed by atoms with Crippen LogP contribution in [0.15, 0.2) is 48.5 Å². The van der Waals surface area contributed by atoms with Crippen molar-refractivity contribution in [3.8, 4) is 0 Å². The number of aliphatic hydroxyl groups excluding tert-OH is 1. The van der Waals surface area contributed by atoms with Crippen LogP contribution in [-0.2, 0) is 16.4 Å². The molecule has 0 spiro atoms. The molecule has 2 atom stereocenters. The molecule has 0 unspecified atom stereocenters. The second-order valence-corrected chi connectivity index (χ2v) is 13.5. The highest BCUT2D eigenvalue weighted by Gasteiger charge is 2.43. The number of carbonyl (C=O) groups is 1. The molecule has 2 aliphatic rings. The Morgan fingerprint density at radius 2 is 1.85 bits per heavy atom. The van der Waals surface area contributed by atoms with E-state index in [1.807, 2.05) is 37.3 Å². The van der Waals surface area contributed by atoms with E-state index in [1.54, 1.807) is 18.2 Å². The van der Waals surface area contributed by atoms with Gasteiger partial charge >= 0.3 is 0 Å². The summed E-state index contributed by atoms with van der Waals surface area (Å²) >= 11 is 0. The molecule has 1 saturated heterocycles. The molecule has 9 heteroatoms. The van der Waals surface area contributed by atoms with Crippen LogP contribution in [0, 0.1) is 5.92 Å². The van der Waals surface area contributed by atoms with Gasteiger partial charge in [-0.3, -0.25) is 9.10 Å². The fourth-order valence-electron chi connectivity index (χ4n) is 5.52. The molecule has 8 nitrogen and oxygen atoms in total. The number of carbonyl (C=O) groups excluding carboxylic acids is 1. The molecular weight excluding hydrogens is 512 g/mol. The third kappa shape index (κ3) is 7.96. The van der Waals surface area contributed by atoms with Crippen molar-refractivity contribution in [3.05, 3.63) is 59.7 Å². The lowest BCUT2D eigenvalue weighted by Crippen LogP contribution is -2.50. The summed E-state index contributed by atoms with van der Waals surface area (Å²) in [5.74, 6) is 0.337. The zero-order valence-corrected chi connectivity index (χ0v) is 24.3.